The second-order valence-corrected chi connectivity index (χ2v) is 21.3. The van der Waals surface area contributed by atoms with Crippen LogP contribution < -0.4 is 14.4 Å². The predicted molar refractivity (Wildman–Crippen MR) is 273 cm³/mol. The summed E-state index contributed by atoms with van der Waals surface area (Å²) in [4.78, 5) is 51.1. The number of methoxy groups -OCH3 is 1. The number of aliphatic hydroxyl groups is 2. The number of piperazine rings is 1. The van der Waals surface area contributed by atoms with E-state index in [2.05, 4.69) is 42.7 Å². The van der Waals surface area contributed by atoms with Crippen LogP contribution in [0.4, 0.5) is 5.69 Å². The van der Waals surface area contributed by atoms with Crippen molar-refractivity contribution in [2.75, 3.05) is 38.2 Å². The first-order chi connectivity index (χ1) is 33.3. The van der Waals surface area contributed by atoms with Gasteiger partial charge in [-0.25, -0.2) is 4.98 Å². The van der Waals surface area contributed by atoms with Gasteiger partial charge in [0.1, 0.15) is 34.6 Å². The van der Waals surface area contributed by atoms with Gasteiger partial charge < -0.3 is 48.3 Å². The first-order valence-corrected chi connectivity index (χ1v) is 24.7. The Morgan fingerprint density at radius 3 is 2.17 bits per heavy atom. The molecular weight excluding hydrogens is 907 g/mol. The molecule has 1 aromatic heterocycles. The summed E-state index contributed by atoms with van der Waals surface area (Å²) in [6.07, 6.45) is 4.52. The molecule has 0 saturated carbocycles. The smallest absolute Gasteiger partial charge is 0.316 e. The van der Waals surface area contributed by atoms with Crippen LogP contribution in [0.15, 0.2) is 47.1 Å². The van der Waals surface area contributed by atoms with Gasteiger partial charge in [0.05, 0.1) is 40.9 Å². The van der Waals surface area contributed by atoms with Gasteiger partial charge in [0.25, 0.3) is 5.78 Å². The molecule has 3 aromatic carbocycles. The summed E-state index contributed by atoms with van der Waals surface area (Å²) in [5.74, 6) is -6.04. The van der Waals surface area contributed by atoms with Crippen LogP contribution in [0.5, 0.6) is 17.2 Å². The summed E-state index contributed by atoms with van der Waals surface area (Å²) in [6, 6.07) is 4.41. The lowest BCUT2D eigenvalue weighted by atomic mass is 9.78. The average Bonchev–Trinajstić information content (AvgIpc) is 3.86. The fourth-order valence-electron chi connectivity index (χ4n) is 10.4. The summed E-state index contributed by atoms with van der Waals surface area (Å²) in [7, 11) is 1.48. The van der Waals surface area contributed by atoms with Gasteiger partial charge in [-0.2, -0.15) is 0 Å². The number of fused-ring (bicyclic) bond motifs is 2. The molecule has 9 atom stereocenters. The Kier molecular flexibility index (Phi) is 15.3. The number of allylic oxidation sites excluding steroid dienone is 3. The number of ether oxygens (including phenoxy) is 5. The lowest BCUT2D eigenvalue weighted by Gasteiger charge is -2.38. The van der Waals surface area contributed by atoms with E-state index in [0.717, 1.165) is 6.54 Å². The molecule has 3 aliphatic heterocycles. The molecule has 15 heteroatoms. The molecule has 4 aromatic rings. The molecule has 3 N–H and O–H groups in total. The van der Waals surface area contributed by atoms with E-state index in [9.17, 15) is 24.9 Å². The second-order valence-electron chi connectivity index (χ2n) is 21.3. The highest BCUT2D eigenvalue weighted by Crippen LogP contribution is 2.55. The first kappa shape index (κ1) is 53.1. The van der Waals surface area contributed by atoms with Crippen molar-refractivity contribution < 1.29 is 57.8 Å². The van der Waals surface area contributed by atoms with Crippen molar-refractivity contribution in [2.24, 2.45) is 29.1 Å². The number of esters is 2. The van der Waals surface area contributed by atoms with E-state index in [1.165, 1.54) is 49.5 Å². The quantitative estimate of drug-likeness (QED) is 0.122. The van der Waals surface area contributed by atoms with E-state index in [4.69, 9.17) is 33.1 Å². The maximum Gasteiger partial charge on any atom is 0.316 e. The first-order valence-electron chi connectivity index (χ1n) is 24.7. The summed E-state index contributed by atoms with van der Waals surface area (Å²) >= 11 is 0. The summed E-state index contributed by atoms with van der Waals surface area (Å²) < 4.78 is 37.6. The molecule has 0 radical (unpaired) electrons. The molecule has 0 spiro atoms. The van der Waals surface area contributed by atoms with Gasteiger partial charge in [0.2, 0.25) is 5.89 Å². The van der Waals surface area contributed by atoms with Crippen LogP contribution in [0.25, 0.3) is 27.4 Å². The molecule has 1 fully saturated rings. The number of oxazole rings is 1. The largest absolute Gasteiger partial charge is 0.505 e. The van der Waals surface area contributed by atoms with Crippen molar-refractivity contribution in [1.29, 1.82) is 0 Å². The summed E-state index contributed by atoms with van der Waals surface area (Å²) in [5, 5.41) is 36.5. The van der Waals surface area contributed by atoms with Crippen molar-refractivity contribution in [3.63, 3.8) is 0 Å². The third kappa shape index (κ3) is 10.2. The van der Waals surface area contributed by atoms with Gasteiger partial charge in [-0.1, -0.05) is 63.6 Å². The fourth-order valence-corrected chi connectivity index (χ4v) is 10.4. The molecule has 0 unspecified atom stereocenters. The number of benzene rings is 3. The zero-order chi connectivity index (χ0) is 52.2. The molecular formula is C56H73N3O12. The number of rotatable bonds is 6. The molecule has 7 rings (SSSR count). The van der Waals surface area contributed by atoms with Gasteiger partial charge >= 0.3 is 17.7 Å². The summed E-state index contributed by atoms with van der Waals surface area (Å²) in [6.45, 7) is 28.1. The molecule has 1 saturated heterocycles. The highest BCUT2D eigenvalue weighted by atomic mass is 16.7. The molecule has 15 nitrogen and oxygen atoms in total. The number of carbonyl (C=O) groups excluding carboxylic acids is 3. The van der Waals surface area contributed by atoms with Gasteiger partial charge in [-0.05, 0) is 78.2 Å². The van der Waals surface area contributed by atoms with Crippen LogP contribution >= 0.6 is 0 Å². The highest BCUT2D eigenvalue weighted by molar-refractivity contribution is 6.26. The van der Waals surface area contributed by atoms with E-state index in [0.29, 0.717) is 48.5 Å². The zero-order valence-electron chi connectivity index (χ0n) is 44.1. The van der Waals surface area contributed by atoms with Crippen LogP contribution in [-0.2, 0) is 30.3 Å². The monoisotopic (exact) mass is 980 g/mol. The maximum atomic E-state index is 15.2. The Labute approximate surface area is 417 Å². The number of aromatic hydroxyl groups is 1. The number of aryl methyl sites for hydroxylation is 3. The Bertz CT molecular complexity index is 2790. The van der Waals surface area contributed by atoms with Crippen LogP contribution in [0.2, 0.25) is 0 Å². The maximum absolute atomic E-state index is 15.2. The molecule has 0 amide bonds. The van der Waals surface area contributed by atoms with Gasteiger partial charge in [-0.15, -0.1) is 0 Å². The minimum Gasteiger partial charge on any atom is -0.505 e. The normalized spacial score (nSPS) is 28.5. The van der Waals surface area contributed by atoms with Crippen molar-refractivity contribution >= 4 is 50.9 Å². The number of phenolic OH excluding ortho intramolecular Hbond substituents is 1. The second kappa shape index (κ2) is 20.4. The van der Waals surface area contributed by atoms with Crippen LogP contribution in [-0.4, -0.2) is 106 Å². The van der Waals surface area contributed by atoms with E-state index in [1.54, 1.807) is 59.8 Å². The molecule has 3 aliphatic rings. The van der Waals surface area contributed by atoms with Crippen molar-refractivity contribution in [3.05, 3.63) is 82.0 Å². The number of carbonyl (C=O) groups is 3. The predicted octanol–water partition coefficient (Wildman–Crippen LogP) is 9.20. The van der Waals surface area contributed by atoms with Gasteiger partial charge in [0.15, 0.2) is 5.58 Å². The van der Waals surface area contributed by atoms with Crippen LogP contribution in [0.1, 0.15) is 113 Å². The third-order valence-electron chi connectivity index (χ3n) is 14.8. The average molecular weight is 980 g/mol. The molecule has 6 bridgehead atoms. The number of nitrogens with zero attached hydrogens (tertiary/aromatic N) is 3. The minimum absolute atomic E-state index is 0.0103. The minimum atomic E-state index is -2.00. The van der Waals surface area contributed by atoms with Crippen molar-refractivity contribution in [1.82, 2.24) is 9.88 Å². The van der Waals surface area contributed by atoms with Crippen molar-refractivity contribution in [2.45, 2.75) is 134 Å². The van der Waals surface area contributed by atoms with E-state index >= 15 is 4.79 Å². The Morgan fingerprint density at radius 1 is 0.915 bits per heavy atom. The lowest BCUT2D eigenvalue weighted by molar-refractivity contribution is -0.160. The Balaban J connectivity index is 1.44. The molecule has 0 aliphatic carbocycles. The number of hydrogen-bond donors (Lipinski definition) is 3. The standard InChI is InChI=1S/C56H73N3O12/c1-28-25-31(4)38(32(5)26-28)27-58-20-22-59(23-21-58)44-43-51-41-40(47(44)63)42-50(36(9)49(41)70-54(65)55(11,12)13)71-56(14,52(42)64)67-24-19-39(66-15)33(6)48(68-37(10)60)35(8)46(62)34(7)45(61)29(2)17-16-18-30(3)53(57-43)69-51/h16-19,24-26,29,33-35,39,45-46,48,61-63H,20-23,27H2,1-15H3/b17-16-,24-19-,30-18-/t29-,33+,34+,35+,39-,45-,46+,48+,56-/m0/s1. The number of phenols is 1. The molecule has 4 heterocycles. The van der Waals surface area contributed by atoms with Gasteiger partial charge in [0, 0.05) is 93.9 Å². The summed E-state index contributed by atoms with van der Waals surface area (Å²) in [5.41, 5.74) is 5.76. The molecule has 384 valence electrons. The van der Waals surface area contributed by atoms with E-state index in [1.807, 2.05) is 26.8 Å². The van der Waals surface area contributed by atoms with Crippen LogP contribution in [0, 0.1) is 56.8 Å². The number of aliphatic hydroxyl groups excluding tert-OH is 2. The Hall–Kier alpha value is -5.74. The number of anilines is 1. The van der Waals surface area contributed by atoms with E-state index in [-0.39, 0.29) is 45.1 Å². The SMILES string of the molecule is CO[C@H]1/C=C\O[C@@]2(C)Oc3c(C)c(OC(=O)C(C)(C)C)c4c(c(O)c(N5CCN(Cc6c(C)cc(C)cc6C)CC5)c5nc(oc54)/C(C)=C\C=C/[C@H](C)[C@H](O)[C@@H](C)[C@@H](O)[C@@H](C)[C@H](OC(C)=O)[C@@H]1C)c3C2=O. The topological polar surface area (TPSA) is 191 Å². The highest BCUT2D eigenvalue weighted by Gasteiger charge is 2.50. The van der Waals surface area contributed by atoms with E-state index < -0.39 is 77.0 Å². The number of ketones is 1. The number of Topliss-reactive ketones (excluding diaryl/α,β-unsaturated/α-hetero) is 1. The fraction of sp³-hybridized carbons (Fsp3) is 0.536. The third-order valence-corrected chi connectivity index (χ3v) is 14.8. The number of hydrogen-bond acceptors (Lipinski definition) is 15. The lowest BCUT2D eigenvalue weighted by Crippen LogP contribution is -2.46. The zero-order valence-corrected chi connectivity index (χ0v) is 44.1. The molecule has 71 heavy (non-hydrogen) atoms. The Morgan fingerprint density at radius 2 is 1.56 bits per heavy atom. The van der Waals surface area contributed by atoms with Crippen molar-refractivity contribution in [3.8, 4) is 17.2 Å². The van der Waals surface area contributed by atoms with Gasteiger partial charge in [-0.3, -0.25) is 19.3 Å². The van der Waals surface area contributed by atoms with Crippen LogP contribution in [0.3, 0.4) is 0 Å². The number of aromatic nitrogens is 1.